The molecule has 0 saturated carbocycles. The summed E-state index contributed by atoms with van der Waals surface area (Å²) in [4.78, 5) is 4.59. The predicted octanol–water partition coefficient (Wildman–Crippen LogP) is 2.31. The number of benzene rings is 1. The molecule has 1 heterocycles. The normalized spacial score (nSPS) is 11.4. The van der Waals surface area contributed by atoms with Crippen LogP contribution in [-0.2, 0) is 24.9 Å². The number of hydrogen-bond acceptors (Lipinski definition) is 3. The van der Waals surface area contributed by atoms with Gasteiger partial charge < -0.3 is 24.7 Å². The zero-order chi connectivity index (χ0) is 17.9. The van der Waals surface area contributed by atoms with Crippen LogP contribution in [0.1, 0.15) is 18.1 Å². The van der Waals surface area contributed by atoms with Crippen LogP contribution in [0.15, 0.2) is 47.7 Å². The van der Waals surface area contributed by atoms with Crippen molar-refractivity contribution in [3.8, 4) is 5.75 Å². The van der Waals surface area contributed by atoms with Crippen LogP contribution in [0.4, 0.5) is 0 Å². The molecule has 0 fully saturated rings. The van der Waals surface area contributed by atoms with Crippen LogP contribution in [0, 0.1) is 0 Å². The second kappa shape index (κ2) is 10.4. The first-order valence-corrected chi connectivity index (χ1v) is 8.55. The molecule has 0 radical (unpaired) electrons. The smallest absolute Gasteiger partial charge is 0.191 e. The topological polar surface area (TPSA) is 59.8 Å². The molecule has 136 valence electrons. The Bertz CT molecular complexity index is 667. The summed E-state index contributed by atoms with van der Waals surface area (Å²) in [5, 5.41) is 6.53. The number of aliphatic imine (C=N–C) groups is 1. The molecule has 6 heteroatoms. The van der Waals surface area contributed by atoms with Gasteiger partial charge in [0.15, 0.2) is 5.96 Å². The quantitative estimate of drug-likeness (QED) is 0.416. The lowest BCUT2D eigenvalue weighted by atomic mass is 10.2. The van der Waals surface area contributed by atoms with Gasteiger partial charge in [0.05, 0.1) is 26.9 Å². The third kappa shape index (κ3) is 6.51. The third-order valence-electron chi connectivity index (χ3n) is 3.65. The largest absolute Gasteiger partial charge is 0.496 e. The minimum atomic E-state index is 0.531. The van der Waals surface area contributed by atoms with Gasteiger partial charge in [-0.2, -0.15) is 0 Å². The van der Waals surface area contributed by atoms with E-state index < -0.39 is 0 Å². The number of rotatable bonds is 9. The van der Waals surface area contributed by atoms with Crippen molar-refractivity contribution < 1.29 is 9.47 Å². The van der Waals surface area contributed by atoms with Gasteiger partial charge in [0.1, 0.15) is 5.75 Å². The number of aryl methyl sites for hydroxylation is 1. The van der Waals surface area contributed by atoms with E-state index >= 15 is 0 Å². The predicted molar refractivity (Wildman–Crippen MR) is 101 cm³/mol. The molecule has 2 N–H and O–H groups in total. The third-order valence-corrected chi connectivity index (χ3v) is 3.65. The van der Waals surface area contributed by atoms with E-state index in [-0.39, 0.29) is 0 Å². The van der Waals surface area contributed by atoms with Crippen LogP contribution in [-0.4, -0.2) is 37.3 Å². The summed E-state index contributed by atoms with van der Waals surface area (Å²) < 4.78 is 13.1. The molecule has 0 amide bonds. The Morgan fingerprint density at radius 3 is 2.76 bits per heavy atom. The van der Waals surface area contributed by atoms with Gasteiger partial charge in [-0.3, -0.25) is 0 Å². The number of ether oxygens (including phenoxy) is 2. The van der Waals surface area contributed by atoms with Crippen molar-refractivity contribution in [2.45, 2.75) is 20.1 Å². The monoisotopic (exact) mass is 344 g/mol. The lowest BCUT2D eigenvalue weighted by Crippen LogP contribution is -2.38. The number of methoxy groups -OCH3 is 1. The van der Waals surface area contributed by atoms with Gasteiger partial charge in [-0.15, -0.1) is 0 Å². The maximum absolute atomic E-state index is 5.73. The van der Waals surface area contributed by atoms with Crippen molar-refractivity contribution in [3.05, 3.63) is 53.9 Å². The maximum atomic E-state index is 5.73. The van der Waals surface area contributed by atoms with Gasteiger partial charge in [0, 0.05) is 38.1 Å². The summed E-state index contributed by atoms with van der Waals surface area (Å²) >= 11 is 0. The summed E-state index contributed by atoms with van der Waals surface area (Å²) in [5.74, 6) is 1.65. The minimum absolute atomic E-state index is 0.531. The molecular weight excluding hydrogens is 316 g/mol. The number of para-hydroxylation sites is 1. The average molecular weight is 344 g/mol. The van der Waals surface area contributed by atoms with Gasteiger partial charge in [-0.1, -0.05) is 18.2 Å². The van der Waals surface area contributed by atoms with E-state index in [1.165, 1.54) is 5.56 Å². The zero-order valence-corrected chi connectivity index (χ0v) is 15.3. The number of nitrogens with one attached hydrogen (secondary N) is 2. The lowest BCUT2D eigenvalue weighted by molar-refractivity contribution is 0.123. The minimum Gasteiger partial charge on any atom is -0.496 e. The van der Waals surface area contributed by atoms with E-state index in [9.17, 15) is 0 Å². The van der Waals surface area contributed by atoms with Crippen molar-refractivity contribution in [2.24, 2.45) is 12.0 Å². The maximum Gasteiger partial charge on any atom is 0.191 e. The molecule has 0 aliphatic rings. The van der Waals surface area contributed by atoms with Crippen LogP contribution < -0.4 is 15.4 Å². The van der Waals surface area contributed by atoms with E-state index in [1.54, 1.807) is 7.11 Å². The molecule has 0 bridgehead atoms. The van der Waals surface area contributed by atoms with Gasteiger partial charge in [-0.25, -0.2) is 4.99 Å². The number of nitrogens with zero attached hydrogens (tertiary/aromatic N) is 2. The molecule has 1 aromatic heterocycles. The molecule has 0 atom stereocenters. The molecule has 1 aromatic carbocycles. The second-order valence-electron chi connectivity index (χ2n) is 5.67. The van der Waals surface area contributed by atoms with E-state index in [0.29, 0.717) is 26.3 Å². The molecule has 0 aliphatic heterocycles. The van der Waals surface area contributed by atoms with Crippen molar-refractivity contribution in [1.29, 1.82) is 0 Å². The summed E-state index contributed by atoms with van der Waals surface area (Å²) in [6, 6.07) is 9.96. The Labute approximate surface area is 149 Å². The van der Waals surface area contributed by atoms with Crippen LogP contribution in [0.3, 0.4) is 0 Å². The van der Waals surface area contributed by atoms with E-state index in [0.717, 1.165) is 23.8 Å². The summed E-state index contributed by atoms with van der Waals surface area (Å²) in [6.07, 6.45) is 4.10. The molecule has 2 aromatic rings. The SMILES string of the molecule is CCNC(=NCc1ccn(C)c1)NCCOCc1ccccc1OC. The molecule has 0 aliphatic carbocycles. The summed E-state index contributed by atoms with van der Waals surface area (Å²) in [5.41, 5.74) is 2.24. The van der Waals surface area contributed by atoms with Crippen LogP contribution in [0.5, 0.6) is 5.75 Å². The Kier molecular flexibility index (Phi) is 7.85. The van der Waals surface area contributed by atoms with Gasteiger partial charge in [0.2, 0.25) is 0 Å². The zero-order valence-electron chi connectivity index (χ0n) is 15.3. The first kappa shape index (κ1) is 18.9. The fourth-order valence-corrected chi connectivity index (χ4v) is 2.41. The lowest BCUT2D eigenvalue weighted by Gasteiger charge is -2.12. The van der Waals surface area contributed by atoms with E-state index in [2.05, 4.69) is 34.8 Å². The molecule has 6 nitrogen and oxygen atoms in total. The number of guanidine groups is 1. The average Bonchev–Trinajstić information content (AvgIpc) is 3.05. The van der Waals surface area contributed by atoms with Crippen molar-refractivity contribution in [1.82, 2.24) is 15.2 Å². The molecule has 0 spiro atoms. The Morgan fingerprint density at radius 1 is 1.20 bits per heavy atom. The second-order valence-corrected chi connectivity index (χ2v) is 5.67. The first-order valence-electron chi connectivity index (χ1n) is 8.55. The van der Waals surface area contributed by atoms with E-state index in [4.69, 9.17) is 9.47 Å². The highest BCUT2D eigenvalue weighted by molar-refractivity contribution is 5.79. The highest BCUT2D eigenvalue weighted by atomic mass is 16.5. The van der Waals surface area contributed by atoms with Gasteiger partial charge in [-0.05, 0) is 24.6 Å². The van der Waals surface area contributed by atoms with Gasteiger partial charge >= 0.3 is 0 Å². The summed E-state index contributed by atoms with van der Waals surface area (Å²) in [7, 11) is 3.68. The standard InChI is InChI=1S/C19H28N4O2/c1-4-20-19(22-13-16-9-11-23(2)14-16)21-10-12-25-15-17-7-5-6-8-18(17)24-3/h5-9,11,14H,4,10,12-13,15H2,1-3H3,(H2,20,21,22). The molecule has 0 saturated heterocycles. The van der Waals surface area contributed by atoms with Crippen molar-refractivity contribution in [2.75, 3.05) is 26.8 Å². The highest BCUT2D eigenvalue weighted by Crippen LogP contribution is 2.17. The first-order chi connectivity index (χ1) is 12.2. The van der Waals surface area contributed by atoms with E-state index in [1.807, 2.05) is 42.1 Å². The fourth-order valence-electron chi connectivity index (χ4n) is 2.41. The van der Waals surface area contributed by atoms with Crippen molar-refractivity contribution in [3.63, 3.8) is 0 Å². The number of aromatic nitrogens is 1. The summed E-state index contributed by atoms with van der Waals surface area (Å²) in [6.45, 7) is 5.34. The molecule has 0 unspecified atom stereocenters. The Hall–Kier alpha value is -2.47. The van der Waals surface area contributed by atoms with Crippen LogP contribution >= 0.6 is 0 Å². The number of hydrogen-bond donors (Lipinski definition) is 2. The Morgan fingerprint density at radius 2 is 2.04 bits per heavy atom. The van der Waals surface area contributed by atoms with Crippen LogP contribution in [0.25, 0.3) is 0 Å². The van der Waals surface area contributed by atoms with Crippen molar-refractivity contribution >= 4 is 5.96 Å². The molecule has 25 heavy (non-hydrogen) atoms. The highest BCUT2D eigenvalue weighted by Gasteiger charge is 2.02. The molecule has 2 rings (SSSR count). The van der Waals surface area contributed by atoms with Gasteiger partial charge in [0.25, 0.3) is 0 Å². The van der Waals surface area contributed by atoms with Crippen LogP contribution in [0.2, 0.25) is 0 Å². The molecular formula is C19H28N4O2. The Balaban J connectivity index is 1.73. The fraction of sp³-hybridized carbons (Fsp3) is 0.421.